The second-order valence-corrected chi connectivity index (χ2v) is 9.54. The molecule has 10 heteroatoms. The molecule has 0 spiro atoms. The third-order valence-electron chi connectivity index (χ3n) is 6.50. The number of ether oxygens (including phenoxy) is 2. The lowest BCUT2D eigenvalue weighted by atomic mass is 10.1. The first-order chi connectivity index (χ1) is 17.4. The molecular formula is C26H28ClN5O4. The van der Waals surface area contributed by atoms with Crippen molar-refractivity contribution >= 4 is 40.4 Å². The Balaban J connectivity index is 1.57. The summed E-state index contributed by atoms with van der Waals surface area (Å²) >= 11 is 6.80. The molecule has 2 saturated heterocycles. The number of benzene rings is 1. The third-order valence-corrected chi connectivity index (χ3v) is 6.79. The Morgan fingerprint density at radius 2 is 2.11 bits per heavy atom. The lowest BCUT2D eigenvalue weighted by Gasteiger charge is -2.27. The molecule has 1 N–H and O–H groups in total. The van der Waals surface area contributed by atoms with Gasteiger partial charge < -0.3 is 18.9 Å². The van der Waals surface area contributed by atoms with Crippen molar-refractivity contribution in [2.45, 2.75) is 38.3 Å². The molecule has 2 aliphatic rings. The molecule has 0 aliphatic carbocycles. The van der Waals surface area contributed by atoms with Crippen LogP contribution < -0.4 is 10.1 Å². The van der Waals surface area contributed by atoms with E-state index in [4.69, 9.17) is 26.1 Å². The van der Waals surface area contributed by atoms with Crippen molar-refractivity contribution in [3.63, 3.8) is 0 Å². The monoisotopic (exact) mass is 509 g/mol. The minimum Gasteiger partial charge on any atom is -0.485 e. The molecule has 1 aromatic carbocycles. The van der Waals surface area contributed by atoms with Crippen LogP contribution in [0.1, 0.15) is 41.4 Å². The van der Waals surface area contributed by atoms with Crippen LogP contribution in [0.3, 0.4) is 0 Å². The van der Waals surface area contributed by atoms with Gasteiger partial charge in [-0.25, -0.2) is 4.98 Å². The number of pyridine rings is 1. The van der Waals surface area contributed by atoms with E-state index in [1.165, 1.54) is 6.08 Å². The fourth-order valence-electron chi connectivity index (χ4n) is 4.66. The van der Waals surface area contributed by atoms with Crippen LogP contribution in [0.4, 0.5) is 5.95 Å². The number of amides is 2. The van der Waals surface area contributed by atoms with Gasteiger partial charge in [0.1, 0.15) is 11.9 Å². The number of carbonyl (C=O) groups is 2. The number of likely N-dealkylation sites (tertiary alicyclic amines) is 1. The van der Waals surface area contributed by atoms with E-state index < -0.39 is 0 Å². The van der Waals surface area contributed by atoms with E-state index in [-0.39, 0.29) is 24.0 Å². The molecule has 2 fully saturated rings. The maximum absolute atomic E-state index is 13.2. The van der Waals surface area contributed by atoms with Crippen molar-refractivity contribution in [2.24, 2.45) is 0 Å². The molecular weight excluding hydrogens is 482 g/mol. The summed E-state index contributed by atoms with van der Waals surface area (Å²) in [5, 5.41) is 3.43. The van der Waals surface area contributed by atoms with E-state index >= 15 is 0 Å². The van der Waals surface area contributed by atoms with Crippen LogP contribution in [0.2, 0.25) is 5.02 Å². The molecule has 5 rings (SSSR count). The van der Waals surface area contributed by atoms with Gasteiger partial charge in [-0.2, -0.15) is 0 Å². The fourth-order valence-corrected chi connectivity index (χ4v) is 4.96. The van der Waals surface area contributed by atoms with Crippen LogP contribution in [0.5, 0.6) is 5.75 Å². The summed E-state index contributed by atoms with van der Waals surface area (Å²) in [4.78, 5) is 36.4. The predicted octanol–water partition coefficient (Wildman–Crippen LogP) is 4.16. The van der Waals surface area contributed by atoms with Crippen molar-refractivity contribution in [2.75, 3.05) is 31.6 Å². The van der Waals surface area contributed by atoms with E-state index in [1.807, 2.05) is 17.6 Å². The minimum atomic E-state index is -0.302. The summed E-state index contributed by atoms with van der Waals surface area (Å²) in [6.45, 7) is 7.66. The second-order valence-electron chi connectivity index (χ2n) is 9.13. The molecule has 1 atom stereocenters. The number of hydrogen-bond donors (Lipinski definition) is 1. The molecule has 36 heavy (non-hydrogen) atoms. The van der Waals surface area contributed by atoms with Gasteiger partial charge in [0, 0.05) is 42.7 Å². The predicted molar refractivity (Wildman–Crippen MR) is 137 cm³/mol. The van der Waals surface area contributed by atoms with Crippen molar-refractivity contribution in [3.8, 4) is 5.75 Å². The third kappa shape index (κ3) is 4.94. The van der Waals surface area contributed by atoms with Gasteiger partial charge in [-0.3, -0.25) is 19.9 Å². The molecule has 3 aromatic rings. The van der Waals surface area contributed by atoms with Gasteiger partial charge in [-0.15, -0.1) is 0 Å². The molecule has 0 bridgehead atoms. The molecule has 4 heterocycles. The number of aromatic nitrogens is 3. The largest absolute Gasteiger partial charge is 0.485 e. The SMILES string of the molecule is C=CC(=O)N1CCCC[C@@H](n2c(NC(=O)c3ccnc(C)c3)nc3cc(OC4COC4)cc(Cl)c32)C1. The van der Waals surface area contributed by atoms with Gasteiger partial charge in [-0.05, 0) is 44.4 Å². The zero-order valence-corrected chi connectivity index (χ0v) is 20.8. The topological polar surface area (TPSA) is 98.6 Å². The van der Waals surface area contributed by atoms with Crippen LogP contribution in [-0.2, 0) is 9.53 Å². The molecule has 0 unspecified atom stereocenters. The summed E-state index contributed by atoms with van der Waals surface area (Å²) < 4.78 is 13.1. The average molecular weight is 510 g/mol. The maximum Gasteiger partial charge on any atom is 0.258 e. The first-order valence-corrected chi connectivity index (χ1v) is 12.4. The molecule has 188 valence electrons. The smallest absolute Gasteiger partial charge is 0.258 e. The number of hydrogen-bond acceptors (Lipinski definition) is 6. The zero-order valence-electron chi connectivity index (χ0n) is 20.1. The van der Waals surface area contributed by atoms with E-state index in [9.17, 15) is 9.59 Å². The highest BCUT2D eigenvalue weighted by Gasteiger charge is 2.28. The molecule has 0 saturated carbocycles. The zero-order chi connectivity index (χ0) is 25.2. The Labute approximate surface area is 214 Å². The number of nitrogens with one attached hydrogen (secondary N) is 1. The van der Waals surface area contributed by atoms with E-state index in [2.05, 4.69) is 16.9 Å². The number of imidazole rings is 1. The summed E-state index contributed by atoms with van der Waals surface area (Å²) in [6, 6.07) is 6.83. The number of anilines is 1. The van der Waals surface area contributed by atoms with E-state index in [0.717, 1.165) is 25.0 Å². The molecule has 0 radical (unpaired) electrons. The number of nitrogens with zero attached hydrogens (tertiary/aromatic N) is 4. The first kappa shape index (κ1) is 24.3. The summed E-state index contributed by atoms with van der Waals surface area (Å²) in [5.74, 6) is 0.545. The maximum atomic E-state index is 13.2. The molecule has 2 aromatic heterocycles. The van der Waals surface area contributed by atoms with E-state index in [1.54, 1.807) is 29.3 Å². The summed E-state index contributed by atoms with van der Waals surface area (Å²) in [5.41, 5.74) is 2.51. The van der Waals surface area contributed by atoms with Gasteiger partial charge in [0.15, 0.2) is 0 Å². The van der Waals surface area contributed by atoms with Crippen LogP contribution in [-0.4, -0.2) is 63.7 Å². The number of rotatable bonds is 6. The number of carbonyl (C=O) groups excluding carboxylic acids is 2. The number of aryl methyl sites for hydroxylation is 1. The van der Waals surface area contributed by atoms with Crippen molar-refractivity contribution in [1.29, 1.82) is 0 Å². The minimum absolute atomic E-state index is 0.0185. The van der Waals surface area contributed by atoms with Crippen molar-refractivity contribution in [1.82, 2.24) is 19.4 Å². The highest BCUT2D eigenvalue weighted by molar-refractivity contribution is 6.35. The van der Waals surface area contributed by atoms with Gasteiger partial charge in [0.25, 0.3) is 5.91 Å². The lowest BCUT2D eigenvalue weighted by molar-refractivity contribution is -0.126. The van der Waals surface area contributed by atoms with Gasteiger partial charge in [0.05, 0.1) is 35.3 Å². The Kier molecular flexibility index (Phi) is 6.93. The normalized spacial score (nSPS) is 18.4. The second kappa shape index (κ2) is 10.3. The Bertz CT molecular complexity index is 1320. The van der Waals surface area contributed by atoms with Gasteiger partial charge in [0.2, 0.25) is 11.9 Å². The fraction of sp³-hybridized carbons (Fsp3) is 0.385. The Morgan fingerprint density at radius 3 is 2.83 bits per heavy atom. The van der Waals surface area contributed by atoms with Crippen LogP contribution in [0.25, 0.3) is 11.0 Å². The lowest BCUT2D eigenvalue weighted by Crippen LogP contribution is -2.38. The summed E-state index contributed by atoms with van der Waals surface area (Å²) in [6.07, 6.45) is 5.52. The van der Waals surface area contributed by atoms with Crippen LogP contribution >= 0.6 is 11.6 Å². The Morgan fingerprint density at radius 1 is 1.28 bits per heavy atom. The quantitative estimate of drug-likeness (QED) is 0.501. The first-order valence-electron chi connectivity index (χ1n) is 12.0. The summed E-state index contributed by atoms with van der Waals surface area (Å²) in [7, 11) is 0. The Hall–Kier alpha value is -3.43. The average Bonchev–Trinajstić information content (AvgIpc) is 3.02. The molecule has 9 nitrogen and oxygen atoms in total. The number of fused-ring (bicyclic) bond motifs is 1. The standard InChI is InChI=1S/C26H28ClN5O4/c1-3-23(33)31-9-5-4-6-18(13-31)32-24-21(27)11-19(36-20-14-35-15-20)12-22(24)29-26(32)30-25(34)17-7-8-28-16(2)10-17/h3,7-8,10-12,18,20H,1,4-6,9,13-15H2,2H3,(H,29,30,34)/t18-/m1/s1. The van der Waals surface area contributed by atoms with E-state index in [0.29, 0.717) is 59.6 Å². The van der Waals surface area contributed by atoms with Crippen LogP contribution in [0, 0.1) is 6.92 Å². The van der Waals surface area contributed by atoms with Crippen molar-refractivity contribution in [3.05, 3.63) is 59.4 Å². The van der Waals surface area contributed by atoms with Gasteiger partial charge >= 0.3 is 0 Å². The molecule has 2 amide bonds. The van der Waals surface area contributed by atoms with Crippen LogP contribution in [0.15, 0.2) is 43.1 Å². The highest BCUT2D eigenvalue weighted by atomic mass is 35.5. The molecule has 2 aliphatic heterocycles. The number of halogens is 1. The van der Waals surface area contributed by atoms with Gasteiger partial charge in [-0.1, -0.05) is 18.2 Å². The highest BCUT2D eigenvalue weighted by Crippen LogP contribution is 2.37. The van der Waals surface area contributed by atoms with Crippen molar-refractivity contribution < 1.29 is 19.1 Å².